The summed E-state index contributed by atoms with van der Waals surface area (Å²) in [5, 5.41) is 0. The predicted octanol–water partition coefficient (Wildman–Crippen LogP) is 4.16. The third-order valence-electron chi connectivity index (χ3n) is 3.73. The van der Waals surface area contributed by atoms with Crippen molar-refractivity contribution in [3.05, 3.63) is 70.8 Å². The first-order chi connectivity index (χ1) is 8.43. The standard InChI is InChI=1S/C17H18/c1-2-7-14(8-3-1)13-16-11-6-10-15-9-4-5-12-17(15)16/h1-3,6-8,10-11H,4-5,9,12-13H2. The quantitative estimate of drug-likeness (QED) is 0.716. The lowest BCUT2D eigenvalue weighted by atomic mass is 9.86. The van der Waals surface area contributed by atoms with Crippen LogP contribution < -0.4 is 0 Å². The first kappa shape index (κ1) is 10.6. The molecule has 0 atom stereocenters. The molecule has 0 saturated heterocycles. The van der Waals surface area contributed by atoms with E-state index in [1.54, 1.807) is 11.1 Å². The van der Waals surface area contributed by atoms with Gasteiger partial charge >= 0.3 is 0 Å². The third-order valence-corrected chi connectivity index (χ3v) is 3.73. The van der Waals surface area contributed by atoms with Crippen molar-refractivity contribution < 1.29 is 0 Å². The van der Waals surface area contributed by atoms with Crippen molar-refractivity contribution in [3.63, 3.8) is 0 Å². The molecule has 0 aliphatic heterocycles. The van der Waals surface area contributed by atoms with Crippen molar-refractivity contribution in [2.24, 2.45) is 0 Å². The van der Waals surface area contributed by atoms with Crippen LogP contribution in [0.1, 0.15) is 35.1 Å². The van der Waals surface area contributed by atoms with Crippen LogP contribution in [0.15, 0.2) is 48.5 Å². The highest BCUT2D eigenvalue weighted by molar-refractivity contribution is 5.39. The molecule has 0 amide bonds. The molecule has 0 aromatic heterocycles. The molecule has 3 rings (SSSR count). The van der Waals surface area contributed by atoms with Crippen LogP contribution in [0.25, 0.3) is 0 Å². The molecule has 0 heteroatoms. The van der Waals surface area contributed by atoms with Gasteiger partial charge in [0.2, 0.25) is 0 Å². The van der Waals surface area contributed by atoms with Crippen molar-refractivity contribution >= 4 is 0 Å². The molecule has 86 valence electrons. The zero-order valence-electron chi connectivity index (χ0n) is 10.2. The molecule has 0 unspecified atom stereocenters. The number of benzene rings is 2. The molecule has 0 heterocycles. The number of hydrogen-bond acceptors (Lipinski definition) is 0. The van der Waals surface area contributed by atoms with Crippen LogP contribution in [0.5, 0.6) is 0 Å². The van der Waals surface area contributed by atoms with Crippen LogP contribution in [0.4, 0.5) is 0 Å². The van der Waals surface area contributed by atoms with E-state index in [4.69, 9.17) is 0 Å². The Labute approximate surface area is 103 Å². The second-order valence-corrected chi connectivity index (χ2v) is 4.92. The Bertz CT molecular complexity index is 497. The summed E-state index contributed by atoms with van der Waals surface area (Å²) in [5.74, 6) is 0. The van der Waals surface area contributed by atoms with E-state index in [0.29, 0.717) is 0 Å². The summed E-state index contributed by atoms with van der Waals surface area (Å²) < 4.78 is 0. The summed E-state index contributed by atoms with van der Waals surface area (Å²) in [6, 6.07) is 17.6. The van der Waals surface area contributed by atoms with Gasteiger partial charge in [-0.3, -0.25) is 0 Å². The smallest absolute Gasteiger partial charge is 0.00229 e. The number of rotatable bonds is 2. The maximum Gasteiger partial charge on any atom is -0.00229 e. The van der Waals surface area contributed by atoms with Crippen molar-refractivity contribution in [3.8, 4) is 0 Å². The fourth-order valence-corrected chi connectivity index (χ4v) is 2.84. The lowest BCUT2D eigenvalue weighted by Crippen LogP contribution is -2.06. The molecule has 0 saturated carbocycles. The molecule has 1 aliphatic rings. The van der Waals surface area contributed by atoms with Crippen molar-refractivity contribution in [2.45, 2.75) is 32.1 Å². The minimum absolute atomic E-state index is 1.09. The van der Waals surface area contributed by atoms with E-state index in [9.17, 15) is 0 Å². The molecule has 2 aromatic carbocycles. The molecular formula is C17H18. The number of fused-ring (bicyclic) bond motifs is 1. The monoisotopic (exact) mass is 222 g/mol. The largest absolute Gasteiger partial charge is 0.0622 e. The van der Waals surface area contributed by atoms with Crippen molar-refractivity contribution in [1.29, 1.82) is 0 Å². The van der Waals surface area contributed by atoms with Gasteiger partial charge in [0.15, 0.2) is 0 Å². The summed E-state index contributed by atoms with van der Waals surface area (Å²) in [6.07, 6.45) is 6.36. The van der Waals surface area contributed by atoms with Crippen LogP contribution in [0.2, 0.25) is 0 Å². The summed E-state index contributed by atoms with van der Waals surface area (Å²) in [6.45, 7) is 0. The Hall–Kier alpha value is -1.56. The van der Waals surface area contributed by atoms with Gasteiger partial charge in [-0.2, -0.15) is 0 Å². The van der Waals surface area contributed by atoms with E-state index in [-0.39, 0.29) is 0 Å². The first-order valence-electron chi connectivity index (χ1n) is 6.57. The molecular weight excluding hydrogens is 204 g/mol. The van der Waals surface area contributed by atoms with Crippen LogP contribution in [0, 0.1) is 0 Å². The maximum atomic E-state index is 2.31. The van der Waals surface area contributed by atoms with E-state index < -0.39 is 0 Å². The van der Waals surface area contributed by atoms with Gasteiger partial charge in [0.25, 0.3) is 0 Å². The topological polar surface area (TPSA) is 0 Å². The van der Waals surface area contributed by atoms with E-state index in [1.165, 1.54) is 36.8 Å². The summed E-state index contributed by atoms with van der Waals surface area (Å²) in [4.78, 5) is 0. The van der Waals surface area contributed by atoms with Gasteiger partial charge in [-0.25, -0.2) is 0 Å². The average molecular weight is 222 g/mol. The van der Waals surface area contributed by atoms with Gasteiger partial charge in [0.1, 0.15) is 0 Å². The van der Waals surface area contributed by atoms with Crippen LogP contribution in [0.3, 0.4) is 0 Å². The van der Waals surface area contributed by atoms with E-state index in [1.807, 2.05) is 0 Å². The zero-order valence-corrected chi connectivity index (χ0v) is 10.2. The maximum absolute atomic E-state index is 2.31. The van der Waals surface area contributed by atoms with E-state index in [0.717, 1.165) is 6.42 Å². The fourth-order valence-electron chi connectivity index (χ4n) is 2.84. The van der Waals surface area contributed by atoms with Gasteiger partial charge in [-0.1, -0.05) is 48.5 Å². The van der Waals surface area contributed by atoms with Gasteiger partial charge in [0, 0.05) is 0 Å². The zero-order chi connectivity index (χ0) is 11.5. The molecule has 0 radical (unpaired) electrons. The average Bonchev–Trinajstić information content (AvgIpc) is 2.40. The molecule has 1 aliphatic carbocycles. The highest BCUT2D eigenvalue weighted by Crippen LogP contribution is 2.25. The Morgan fingerprint density at radius 1 is 0.765 bits per heavy atom. The van der Waals surface area contributed by atoms with Gasteiger partial charge in [-0.05, 0) is 54.4 Å². The SMILES string of the molecule is c1ccc(Cc2cccc3c2CCCC3)cc1. The van der Waals surface area contributed by atoms with Gasteiger partial charge in [-0.15, -0.1) is 0 Å². The van der Waals surface area contributed by atoms with Gasteiger partial charge < -0.3 is 0 Å². The molecule has 0 spiro atoms. The summed E-state index contributed by atoms with van der Waals surface area (Å²) >= 11 is 0. The third kappa shape index (κ3) is 2.26. The number of aryl methyl sites for hydroxylation is 1. The Morgan fingerprint density at radius 2 is 1.59 bits per heavy atom. The predicted molar refractivity (Wildman–Crippen MR) is 72.3 cm³/mol. The lowest BCUT2D eigenvalue weighted by molar-refractivity contribution is 0.680. The van der Waals surface area contributed by atoms with Gasteiger partial charge in [0.05, 0.1) is 0 Å². The highest BCUT2D eigenvalue weighted by Gasteiger charge is 2.12. The Kier molecular flexibility index (Phi) is 2.96. The highest BCUT2D eigenvalue weighted by atomic mass is 14.2. The van der Waals surface area contributed by atoms with Crippen LogP contribution >= 0.6 is 0 Å². The summed E-state index contributed by atoms with van der Waals surface area (Å²) in [5.41, 5.74) is 6.17. The summed E-state index contributed by atoms with van der Waals surface area (Å²) in [7, 11) is 0. The lowest BCUT2D eigenvalue weighted by Gasteiger charge is -2.19. The molecule has 2 aromatic rings. The van der Waals surface area contributed by atoms with E-state index in [2.05, 4.69) is 48.5 Å². The normalized spacial score (nSPS) is 14.4. The first-order valence-corrected chi connectivity index (χ1v) is 6.57. The van der Waals surface area contributed by atoms with Crippen molar-refractivity contribution in [2.75, 3.05) is 0 Å². The second kappa shape index (κ2) is 4.75. The molecule has 0 bridgehead atoms. The molecule has 0 N–H and O–H groups in total. The minimum atomic E-state index is 1.09. The minimum Gasteiger partial charge on any atom is -0.0622 e. The molecule has 0 fully saturated rings. The Morgan fingerprint density at radius 3 is 2.47 bits per heavy atom. The van der Waals surface area contributed by atoms with Crippen LogP contribution in [-0.2, 0) is 19.3 Å². The molecule has 0 nitrogen and oxygen atoms in total. The fraction of sp³-hybridized carbons (Fsp3) is 0.294. The second-order valence-electron chi connectivity index (χ2n) is 4.92. The van der Waals surface area contributed by atoms with E-state index >= 15 is 0 Å². The van der Waals surface area contributed by atoms with Crippen molar-refractivity contribution in [1.82, 2.24) is 0 Å². The number of hydrogen-bond donors (Lipinski definition) is 0. The molecule has 17 heavy (non-hydrogen) atoms. The Balaban J connectivity index is 1.93. The van der Waals surface area contributed by atoms with Crippen LogP contribution in [-0.4, -0.2) is 0 Å².